The number of ketones is 1. The summed E-state index contributed by atoms with van der Waals surface area (Å²) in [5.41, 5.74) is 3.36. The quantitative estimate of drug-likeness (QED) is 0.561. The van der Waals surface area contributed by atoms with Crippen LogP contribution in [0.3, 0.4) is 0 Å². The Balaban J connectivity index is 1.47. The van der Waals surface area contributed by atoms with Crippen LogP contribution in [0.1, 0.15) is 54.6 Å². The number of carbonyl (C=O) groups is 2. The predicted octanol–water partition coefficient (Wildman–Crippen LogP) is 4.58. The van der Waals surface area contributed by atoms with Gasteiger partial charge >= 0.3 is 0 Å². The third-order valence-electron chi connectivity index (χ3n) is 7.23. The van der Waals surface area contributed by atoms with E-state index in [0.29, 0.717) is 11.5 Å². The van der Waals surface area contributed by atoms with Crippen LogP contribution < -0.4 is 5.32 Å². The first-order chi connectivity index (χ1) is 17.0. The minimum atomic E-state index is -0.385. The Morgan fingerprint density at radius 3 is 2.46 bits per heavy atom. The number of rotatable bonds is 6. The number of aromatic nitrogens is 2. The van der Waals surface area contributed by atoms with Crippen LogP contribution >= 0.6 is 0 Å². The zero-order valence-electron chi connectivity index (χ0n) is 20.0. The summed E-state index contributed by atoms with van der Waals surface area (Å²) in [7, 11) is 0. The van der Waals surface area contributed by atoms with Crippen molar-refractivity contribution in [1.82, 2.24) is 14.5 Å². The second kappa shape index (κ2) is 10.3. The second-order valence-corrected chi connectivity index (χ2v) is 9.59. The number of fused-ring (bicyclic) bond motifs is 1. The topological polar surface area (TPSA) is 76.5 Å². The molecule has 2 fully saturated rings. The highest BCUT2D eigenvalue weighted by Crippen LogP contribution is 2.37. The van der Waals surface area contributed by atoms with Gasteiger partial charge in [-0.25, -0.2) is 9.37 Å². The maximum atomic E-state index is 13.3. The van der Waals surface area contributed by atoms with E-state index in [0.717, 1.165) is 69.6 Å². The normalized spacial score (nSPS) is 21.2. The van der Waals surface area contributed by atoms with E-state index in [-0.39, 0.29) is 29.5 Å². The van der Waals surface area contributed by atoms with E-state index >= 15 is 0 Å². The fourth-order valence-corrected chi connectivity index (χ4v) is 5.23. The summed E-state index contributed by atoms with van der Waals surface area (Å²) in [6.07, 6.45) is 3.36. The van der Waals surface area contributed by atoms with Crippen LogP contribution in [0, 0.1) is 11.7 Å². The number of halogens is 1. The number of benzene rings is 2. The molecule has 7 nitrogen and oxygen atoms in total. The molecule has 0 spiro atoms. The van der Waals surface area contributed by atoms with Gasteiger partial charge in [0, 0.05) is 37.2 Å². The van der Waals surface area contributed by atoms with Gasteiger partial charge in [-0.3, -0.25) is 19.8 Å². The van der Waals surface area contributed by atoms with Crippen LogP contribution in [-0.2, 0) is 16.1 Å². The molecule has 184 valence electrons. The van der Waals surface area contributed by atoms with Crippen molar-refractivity contribution in [1.29, 1.82) is 0 Å². The minimum absolute atomic E-state index is 0.107. The smallest absolute Gasteiger partial charge is 0.257 e. The van der Waals surface area contributed by atoms with Crippen molar-refractivity contribution in [3.05, 3.63) is 59.4 Å². The Morgan fingerprint density at radius 2 is 1.77 bits per heavy atom. The number of nitrogens with zero attached hydrogens (tertiary/aromatic N) is 3. The zero-order chi connectivity index (χ0) is 24.4. The third kappa shape index (κ3) is 5.28. The molecule has 1 aliphatic carbocycles. The van der Waals surface area contributed by atoms with Gasteiger partial charge in [0.1, 0.15) is 11.6 Å². The first kappa shape index (κ1) is 23.6. The summed E-state index contributed by atoms with van der Waals surface area (Å²) in [5, 5.41) is 2.96. The van der Waals surface area contributed by atoms with Crippen LogP contribution in [-0.4, -0.2) is 52.4 Å². The molecule has 2 aromatic carbocycles. The van der Waals surface area contributed by atoms with Gasteiger partial charge in [-0.1, -0.05) is 6.07 Å². The average Bonchev–Trinajstić information content (AvgIpc) is 3.22. The molecular weight excluding hydrogens is 447 g/mol. The number of nitrogens with one attached hydrogen (secondary N) is 1. The maximum Gasteiger partial charge on any atom is 0.257 e. The molecule has 8 heteroatoms. The van der Waals surface area contributed by atoms with Gasteiger partial charge in [-0.15, -0.1) is 0 Å². The Bertz CT molecular complexity index is 1210. The summed E-state index contributed by atoms with van der Waals surface area (Å²) in [5.74, 6) is 0.132. The number of imidazole rings is 1. The molecule has 1 aromatic heterocycles. The fraction of sp³-hybridized carbons (Fsp3) is 0.444. The van der Waals surface area contributed by atoms with E-state index < -0.39 is 0 Å². The molecule has 3 aromatic rings. The molecule has 35 heavy (non-hydrogen) atoms. The molecular formula is C27H31FN4O3. The Hall–Kier alpha value is -3.10. The third-order valence-corrected chi connectivity index (χ3v) is 7.23. The first-order valence-corrected chi connectivity index (χ1v) is 12.4. The lowest BCUT2D eigenvalue weighted by Crippen LogP contribution is -2.35. The number of hydrogen-bond acceptors (Lipinski definition) is 5. The molecule has 0 radical (unpaired) electrons. The summed E-state index contributed by atoms with van der Waals surface area (Å²) in [4.78, 5) is 32.0. The molecule has 0 unspecified atom stereocenters. The lowest BCUT2D eigenvalue weighted by atomic mass is 9.84. The summed E-state index contributed by atoms with van der Waals surface area (Å²) in [6.45, 7) is 5.82. The van der Waals surface area contributed by atoms with Crippen molar-refractivity contribution in [2.45, 2.75) is 45.2 Å². The van der Waals surface area contributed by atoms with E-state index in [9.17, 15) is 14.0 Å². The van der Waals surface area contributed by atoms with Crippen molar-refractivity contribution in [3.63, 3.8) is 0 Å². The second-order valence-electron chi connectivity index (χ2n) is 9.59. The van der Waals surface area contributed by atoms with Crippen molar-refractivity contribution in [2.75, 3.05) is 31.6 Å². The summed E-state index contributed by atoms with van der Waals surface area (Å²) in [6, 6.07) is 11.9. The SMILES string of the molecule is CC(=O)C1CCC(n2c(NC(=O)c3ccc(F)cc3)nc3ccc(CN4CCOCC4)cc32)CC1. The number of ether oxygens (including phenoxy) is 1. The molecule has 2 aliphatic rings. The minimum Gasteiger partial charge on any atom is -0.379 e. The molecule has 1 saturated carbocycles. The highest BCUT2D eigenvalue weighted by molar-refractivity contribution is 6.04. The van der Waals surface area contributed by atoms with E-state index in [1.807, 2.05) is 6.07 Å². The molecule has 0 atom stereocenters. The van der Waals surface area contributed by atoms with E-state index in [4.69, 9.17) is 9.72 Å². The molecule has 1 aliphatic heterocycles. The average molecular weight is 479 g/mol. The van der Waals surface area contributed by atoms with Crippen LogP contribution in [0.15, 0.2) is 42.5 Å². The van der Waals surface area contributed by atoms with Gasteiger partial charge in [0.2, 0.25) is 5.95 Å². The van der Waals surface area contributed by atoms with Gasteiger partial charge in [0.25, 0.3) is 5.91 Å². The molecule has 2 heterocycles. The lowest BCUT2D eigenvalue weighted by molar-refractivity contribution is -0.121. The Morgan fingerprint density at radius 1 is 1.06 bits per heavy atom. The number of hydrogen-bond donors (Lipinski definition) is 1. The molecule has 1 amide bonds. The maximum absolute atomic E-state index is 13.3. The fourth-order valence-electron chi connectivity index (χ4n) is 5.23. The van der Waals surface area contributed by atoms with E-state index in [1.54, 1.807) is 6.92 Å². The number of amides is 1. The molecule has 0 bridgehead atoms. The molecule has 1 saturated heterocycles. The highest BCUT2D eigenvalue weighted by atomic mass is 19.1. The van der Waals surface area contributed by atoms with Crippen molar-refractivity contribution < 1.29 is 18.7 Å². The number of anilines is 1. The standard InChI is InChI=1S/C27H31FN4O3/c1-18(33)20-5-9-23(10-6-20)32-25-16-19(17-31-12-14-35-15-13-31)2-11-24(25)29-27(32)30-26(34)21-3-7-22(28)8-4-21/h2-4,7-8,11,16,20,23H,5-6,9-10,12-15,17H2,1H3,(H,29,30,34). The van der Waals surface area contributed by atoms with Crippen LogP contribution in [0.4, 0.5) is 10.3 Å². The lowest BCUT2D eigenvalue weighted by Gasteiger charge is -2.30. The largest absolute Gasteiger partial charge is 0.379 e. The van der Waals surface area contributed by atoms with Gasteiger partial charge < -0.3 is 9.30 Å². The molecule has 1 N–H and O–H groups in total. The van der Waals surface area contributed by atoms with E-state index in [2.05, 4.69) is 26.9 Å². The number of carbonyl (C=O) groups excluding carboxylic acids is 2. The Labute approximate surface area is 204 Å². The van der Waals surface area contributed by atoms with E-state index in [1.165, 1.54) is 29.8 Å². The number of Topliss-reactive ketones (excluding diaryl/α,β-unsaturated/α-hetero) is 1. The predicted molar refractivity (Wildman–Crippen MR) is 132 cm³/mol. The Kier molecular flexibility index (Phi) is 6.92. The van der Waals surface area contributed by atoms with Gasteiger partial charge in [0.15, 0.2) is 0 Å². The monoisotopic (exact) mass is 478 g/mol. The first-order valence-electron chi connectivity index (χ1n) is 12.4. The number of morpholine rings is 1. The van der Waals surface area contributed by atoms with Crippen molar-refractivity contribution >= 4 is 28.7 Å². The molecule has 5 rings (SSSR count). The summed E-state index contributed by atoms with van der Waals surface area (Å²) >= 11 is 0. The van der Waals surface area contributed by atoms with Gasteiger partial charge in [-0.2, -0.15) is 0 Å². The van der Waals surface area contributed by atoms with Gasteiger partial charge in [-0.05, 0) is 74.6 Å². The van der Waals surface area contributed by atoms with Crippen molar-refractivity contribution in [3.8, 4) is 0 Å². The van der Waals surface area contributed by atoms with Crippen LogP contribution in [0.5, 0.6) is 0 Å². The van der Waals surface area contributed by atoms with Gasteiger partial charge in [0.05, 0.1) is 24.2 Å². The van der Waals surface area contributed by atoms with Crippen LogP contribution in [0.2, 0.25) is 0 Å². The highest BCUT2D eigenvalue weighted by Gasteiger charge is 2.28. The zero-order valence-corrected chi connectivity index (χ0v) is 20.0. The summed E-state index contributed by atoms with van der Waals surface area (Å²) < 4.78 is 20.9. The van der Waals surface area contributed by atoms with Crippen LogP contribution in [0.25, 0.3) is 11.0 Å². The van der Waals surface area contributed by atoms with Crippen molar-refractivity contribution in [2.24, 2.45) is 5.92 Å².